The fourth-order valence-electron chi connectivity index (χ4n) is 1.39. The first-order valence-corrected chi connectivity index (χ1v) is 6.28. The first kappa shape index (κ1) is 15.1. The van der Waals surface area contributed by atoms with Gasteiger partial charge in [0.2, 0.25) is 0 Å². The van der Waals surface area contributed by atoms with Crippen LogP contribution in [0.3, 0.4) is 0 Å². The van der Waals surface area contributed by atoms with Crippen molar-refractivity contribution in [1.82, 2.24) is 5.32 Å². The molecule has 0 bridgehead atoms. The van der Waals surface area contributed by atoms with E-state index < -0.39 is 0 Å². The Hall–Kier alpha value is -1.91. The number of esters is 1. The fraction of sp³-hybridized carbons (Fsp3) is 0.429. The Morgan fingerprint density at radius 3 is 2.58 bits per heavy atom. The molecule has 0 aliphatic heterocycles. The standard InChI is InChI=1S/C14H18FNO3/c1-2-3-4-14(18)19-10-13(17)16-9-11-5-7-12(15)8-6-11/h5-8H,2-4,9-10H2,1H3,(H,16,17). The Labute approximate surface area is 112 Å². The molecule has 0 aromatic heterocycles. The molecule has 19 heavy (non-hydrogen) atoms. The number of hydrogen-bond donors (Lipinski definition) is 1. The molecule has 1 amide bonds. The summed E-state index contributed by atoms with van der Waals surface area (Å²) in [4.78, 5) is 22.6. The summed E-state index contributed by atoms with van der Waals surface area (Å²) in [7, 11) is 0. The number of halogens is 1. The maximum absolute atomic E-state index is 12.7. The van der Waals surface area contributed by atoms with E-state index >= 15 is 0 Å². The minimum absolute atomic E-state index is 0.274. The topological polar surface area (TPSA) is 55.4 Å². The van der Waals surface area contributed by atoms with Crippen molar-refractivity contribution in [3.63, 3.8) is 0 Å². The van der Waals surface area contributed by atoms with Gasteiger partial charge in [0.05, 0.1) is 0 Å². The summed E-state index contributed by atoms with van der Waals surface area (Å²) in [6.45, 7) is 1.98. The highest BCUT2D eigenvalue weighted by molar-refractivity contribution is 5.80. The molecule has 0 atom stereocenters. The van der Waals surface area contributed by atoms with E-state index in [1.165, 1.54) is 12.1 Å². The number of ether oxygens (including phenoxy) is 1. The smallest absolute Gasteiger partial charge is 0.306 e. The molecule has 0 heterocycles. The normalized spacial score (nSPS) is 10.0. The number of hydrogen-bond acceptors (Lipinski definition) is 3. The van der Waals surface area contributed by atoms with Crippen LogP contribution in [0.1, 0.15) is 31.7 Å². The van der Waals surface area contributed by atoms with Crippen molar-refractivity contribution in [3.05, 3.63) is 35.6 Å². The number of amides is 1. The van der Waals surface area contributed by atoms with Crippen LogP contribution in [-0.2, 0) is 20.9 Å². The Morgan fingerprint density at radius 2 is 1.95 bits per heavy atom. The molecule has 1 N–H and O–H groups in total. The lowest BCUT2D eigenvalue weighted by atomic mass is 10.2. The van der Waals surface area contributed by atoms with Gasteiger partial charge in [0, 0.05) is 13.0 Å². The largest absolute Gasteiger partial charge is 0.456 e. The highest BCUT2D eigenvalue weighted by atomic mass is 19.1. The minimum Gasteiger partial charge on any atom is -0.456 e. The number of benzene rings is 1. The second kappa shape index (κ2) is 8.24. The Balaban J connectivity index is 2.21. The Bertz CT molecular complexity index is 417. The van der Waals surface area contributed by atoms with Gasteiger partial charge in [-0.3, -0.25) is 9.59 Å². The molecule has 0 spiro atoms. The lowest BCUT2D eigenvalue weighted by molar-refractivity contribution is -0.148. The van der Waals surface area contributed by atoms with E-state index in [2.05, 4.69) is 5.32 Å². The van der Waals surface area contributed by atoms with Crippen LogP contribution < -0.4 is 5.32 Å². The van der Waals surface area contributed by atoms with Crippen LogP contribution in [0.25, 0.3) is 0 Å². The Morgan fingerprint density at radius 1 is 1.26 bits per heavy atom. The molecule has 104 valence electrons. The van der Waals surface area contributed by atoms with Gasteiger partial charge < -0.3 is 10.1 Å². The molecule has 1 aromatic carbocycles. The summed E-state index contributed by atoms with van der Waals surface area (Å²) in [6.07, 6.45) is 2.00. The van der Waals surface area contributed by atoms with E-state index in [-0.39, 0.29) is 30.8 Å². The van der Waals surface area contributed by atoms with Gasteiger partial charge in [0.1, 0.15) is 5.82 Å². The number of rotatable bonds is 7. The third-order valence-electron chi connectivity index (χ3n) is 2.50. The molecule has 4 nitrogen and oxygen atoms in total. The highest BCUT2D eigenvalue weighted by Crippen LogP contribution is 2.02. The lowest BCUT2D eigenvalue weighted by Gasteiger charge is -2.06. The molecule has 0 radical (unpaired) electrons. The fourth-order valence-corrected chi connectivity index (χ4v) is 1.39. The van der Waals surface area contributed by atoms with E-state index in [0.29, 0.717) is 6.42 Å². The Kier molecular flexibility index (Phi) is 6.57. The van der Waals surface area contributed by atoms with Crippen LogP contribution in [-0.4, -0.2) is 18.5 Å². The van der Waals surface area contributed by atoms with Crippen LogP contribution in [0.2, 0.25) is 0 Å². The van der Waals surface area contributed by atoms with E-state index in [9.17, 15) is 14.0 Å². The van der Waals surface area contributed by atoms with Crippen LogP contribution >= 0.6 is 0 Å². The maximum Gasteiger partial charge on any atom is 0.306 e. The maximum atomic E-state index is 12.7. The predicted octanol–water partition coefficient (Wildman–Crippen LogP) is 2.18. The molecule has 0 aliphatic carbocycles. The van der Waals surface area contributed by atoms with Crippen LogP contribution in [0.15, 0.2) is 24.3 Å². The van der Waals surface area contributed by atoms with Gasteiger partial charge in [-0.15, -0.1) is 0 Å². The van der Waals surface area contributed by atoms with Gasteiger partial charge in [-0.05, 0) is 24.1 Å². The average molecular weight is 267 g/mol. The third-order valence-corrected chi connectivity index (χ3v) is 2.50. The van der Waals surface area contributed by atoms with E-state index in [0.717, 1.165) is 18.4 Å². The molecular weight excluding hydrogens is 249 g/mol. The van der Waals surface area contributed by atoms with Crippen LogP contribution in [0.5, 0.6) is 0 Å². The van der Waals surface area contributed by atoms with Gasteiger partial charge in [0.25, 0.3) is 5.91 Å². The molecule has 1 aromatic rings. The predicted molar refractivity (Wildman–Crippen MR) is 68.7 cm³/mol. The highest BCUT2D eigenvalue weighted by Gasteiger charge is 2.06. The molecule has 0 fully saturated rings. The van der Waals surface area contributed by atoms with E-state index in [4.69, 9.17) is 4.74 Å². The molecule has 5 heteroatoms. The molecular formula is C14H18FNO3. The van der Waals surface area contributed by atoms with Crippen molar-refractivity contribution in [2.45, 2.75) is 32.7 Å². The van der Waals surface area contributed by atoms with Crippen molar-refractivity contribution >= 4 is 11.9 Å². The first-order chi connectivity index (χ1) is 9.11. The van der Waals surface area contributed by atoms with Crippen LogP contribution in [0, 0.1) is 5.82 Å². The van der Waals surface area contributed by atoms with E-state index in [1.54, 1.807) is 12.1 Å². The van der Waals surface area contributed by atoms with Crippen molar-refractivity contribution in [2.24, 2.45) is 0 Å². The van der Waals surface area contributed by atoms with Gasteiger partial charge in [0.15, 0.2) is 6.61 Å². The molecule has 0 aliphatic rings. The van der Waals surface area contributed by atoms with Crippen molar-refractivity contribution in [2.75, 3.05) is 6.61 Å². The number of unbranched alkanes of at least 4 members (excludes halogenated alkanes) is 1. The minimum atomic E-state index is -0.367. The summed E-state index contributed by atoms with van der Waals surface area (Å²) in [6, 6.07) is 5.82. The monoisotopic (exact) mass is 267 g/mol. The second-order valence-corrected chi connectivity index (χ2v) is 4.17. The lowest BCUT2D eigenvalue weighted by Crippen LogP contribution is -2.28. The van der Waals surface area contributed by atoms with E-state index in [1.807, 2.05) is 6.92 Å². The molecule has 0 saturated carbocycles. The third kappa shape index (κ3) is 6.55. The quantitative estimate of drug-likeness (QED) is 0.770. The number of carbonyl (C=O) groups is 2. The summed E-state index contributed by atoms with van der Waals surface area (Å²) in [5, 5.41) is 2.59. The zero-order valence-corrected chi connectivity index (χ0v) is 10.9. The molecule has 1 rings (SSSR count). The first-order valence-electron chi connectivity index (χ1n) is 6.28. The zero-order valence-electron chi connectivity index (χ0n) is 10.9. The van der Waals surface area contributed by atoms with Crippen molar-refractivity contribution < 1.29 is 18.7 Å². The van der Waals surface area contributed by atoms with Crippen molar-refractivity contribution in [1.29, 1.82) is 0 Å². The van der Waals surface area contributed by atoms with Gasteiger partial charge in [-0.2, -0.15) is 0 Å². The number of carbonyl (C=O) groups excluding carboxylic acids is 2. The van der Waals surface area contributed by atoms with Crippen molar-refractivity contribution in [3.8, 4) is 0 Å². The SMILES string of the molecule is CCCCC(=O)OCC(=O)NCc1ccc(F)cc1. The summed E-state index contributed by atoms with van der Waals surface area (Å²) < 4.78 is 17.5. The van der Waals surface area contributed by atoms with Crippen LogP contribution in [0.4, 0.5) is 4.39 Å². The molecule has 0 saturated heterocycles. The summed E-state index contributed by atoms with van der Waals surface area (Å²) >= 11 is 0. The average Bonchev–Trinajstić information content (AvgIpc) is 2.42. The second-order valence-electron chi connectivity index (χ2n) is 4.17. The van der Waals surface area contributed by atoms with Gasteiger partial charge >= 0.3 is 5.97 Å². The zero-order chi connectivity index (χ0) is 14.1. The summed E-state index contributed by atoms with van der Waals surface area (Å²) in [5.74, 6) is -1.05. The number of nitrogens with one attached hydrogen (secondary N) is 1. The molecule has 0 unspecified atom stereocenters. The summed E-state index contributed by atoms with van der Waals surface area (Å²) in [5.41, 5.74) is 0.784. The van der Waals surface area contributed by atoms with Gasteiger partial charge in [-0.25, -0.2) is 4.39 Å². The van der Waals surface area contributed by atoms with Gasteiger partial charge in [-0.1, -0.05) is 25.5 Å².